The highest BCUT2D eigenvalue weighted by Gasteiger charge is 1.99. The summed E-state index contributed by atoms with van der Waals surface area (Å²) in [5.74, 6) is 0.327. The van der Waals surface area contributed by atoms with Crippen LogP contribution < -0.4 is 0 Å². The summed E-state index contributed by atoms with van der Waals surface area (Å²) in [6.45, 7) is 0. The molecule has 0 bridgehead atoms. The maximum absolute atomic E-state index is 8.47. The second-order valence-electron chi connectivity index (χ2n) is 2.14. The van der Waals surface area contributed by atoms with Gasteiger partial charge in [0.1, 0.15) is 11.7 Å². The fourth-order valence-corrected chi connectivity index (χ4v) is 0.940. The highest BCUT2D eigenvalue weighted by molar-refractivity contribution is 5.77. The van der Waals surface area contributed by atoms with E-state index in [1.807, 2.05) is 6.07 Å². The molecule has 0 N–H and O–H groups in total. The van der Waals surface area contributed by atoms with Crippen LogP contribution in [0.3, 0.4) is 0 Å². The van der Waals surface area contributed by atoms with E-state index in [0.717, 1.165) is 5.39 Å². The molecule has 0 saturated heterocycles. The van der Waals surface area contributed by atoms with E-state index in [0.29, 0.717) is 11.3 Å². The molecule has 11 heavy (non-hydrogen) atoms. The Morgan fingerprint density at radius 3 is 3.18 bits per heavy atom. The third-order valence-corrected chi connectivity index (χ3v) is 1.43. The van der Waals surface area contributed by atoms with Crippen LogP contribution in [0.1, 0.15) is 5.76 Å². The molecule has 2 aromatic heterocycles. The fourth-order valence-electron chi connectivity index (χ4n) is 0.940. The Morgan fingerprint density at radius 2 is 2.45 bits per heavy atom. The number of rotatable bonds is 0. The monoisotopic (exact) mass is 144 g/mol. The van der Waals surface area contributed by atoms with Gasteiger partial charge in [-0.25, -0.2) is 0 Å². The van der Waals surface area contributed by atoms with Crippen LogP contribution in [0.4, 0.5) is 0 Å². The SMILES string of the molecule is N#Cc1cc2cnccc2o1. The zero-order chi connectivity index (χ0) is 7.68. The van der Waals surface area contributed by atoms with Crippen molar-refractivity contribution in [2.45, 2.75) is 0 Å². The van der Waals surface area contributed by atoms with Crippen molar-refractivity contribution in [1.82, 2.24) is 4.98 Å². The Balaban J connectivity index is 2.81. The molecule has 2 rings (SSSR count). The summed E-state index contributed by atoms with van der Waals surface area (Å²) < 4.78 is 5.12. The molecule has 52 valence electrons. The minimum Gasteiger partial charge on any atom is -0.445 e. The normalized spacial score (nSPS) is 9.73. The number of nitriles is 1. The van der Waals surface area contributed by atoms with Crippen molar-refractivity contribution in [3.05, 3.63) is 30.3 Å². The van der Waals surface area contributed by atoms with Gasteiger partial charge in [-0.15, -0.1) is 0 Å². The fraction of sp³-hybridized carbons (Fsp3) is 0. The van der Waals surface area contributed by atoms with E-state index in [2.05, 4.69) is 4.98 Å². The summed E-state index contributed by atoms with van der Waals surface area (Å²) in [7, 11) is 0. The molecule has 0 spiro atoms. The molecule has 0 aromatic carbocycles. The van der Waals surface area contributed by atoms with Gasteiger partial charge in [0.05, 0.1) is 0 Å². The van der Waals surface area contributed by atoms with E-state index in [4.69, 9.17) is 9.68 Å². The molecule has 0 atom stereocenters. The number of pyridine rings is 1. The van der Waals surface area contributed by atoms with Crippen LogP contribution in [0.25, 0.3) is 11.0 Å². The van der Waals surface area contributed by atoms with Gasteiger partial charge < -0.3 is 4.42 Å². The predicted molar refractivity (Wildman–Crippen MR) is 38.7 cm³/mol. The first-order valence-corrected chi connectivity index (χ1v) is 3.14. The van der Waals surface area contributed by atoms with Gasteiger partial charge in [0.2, 0.25) is 5.76 Å². The number of fused-ring (bicyclic) bond motifs is 1. The number of furan rings is 1. The van der Waals surface area contributed by atoms with Crippen molar-refractivity contribution >= 4 is 11.0 Å². The highest BCUT2D eigenvalue weighted by atomic mass is 16.3. The first-order valence-electron chi connectivity index (χ1n) is 3.14. The minimum absolute atomic E-state index is 0.327. The molecule has 2 heterocycles. The van der Waals surface area contributed by atoms with E-state index in [9.17, 15) is 0 Å². The zero-order valence-corrected chi connectivity index (χ0v) is 5.61. The minimum atomic E-state index is 0.327. The van der Waals surface area contributed by atoms with Gasteiger partial charge in [0.25, 0.3) is 0 Å². The smallest absolute Gasteiger partial charge is 0.204 e. The average Bonchev–Trinajstić information content (AvgIpc) is 2.46. The lowest BCUT2D eigenvalue weighted by molar-refractivity contribution is 0.599. The van der Waals surface area contributed by atoms with Gasteiger partial charge >= 0.3 is 0 Å². The molecule has 0 aliphatic heterocycles. The molecule has 0 fully saturated rings. The van der Waals surface area contributed by atoms with Crippen molar-refractivity contribution in [2.24, 2.45) is 0 Å². The van der Waals surface area contributed by atoms with E-state index >= 15 is 0 Å². The van der Waals surface area contributed by atoms with E-state index < -0.39 is 0 Å². The van der Waals surface area contributed by atoms with Gasteiger partial charge in [0, 0.05) is 23.8 Å². The van der Waals surface area contributed by atoms with Gasteiger partial charge in [0.15, 0.2) is 0 Å². The summed E-state index contributed by atoms with van der Waals surface area (Å²) in [6, 6.07) is 5.32. The van der Waals surface area contributed by atoms with Gasteiger partial charge in [-0.2, -0.15) is 5.26 Å². The van der Waals surface area contributed by atoms with Crippen LogP contribution in [-0.4, -0.2) is 4.98 Å². The van der Waals surface area contributed by atoms with Crippen LogP contribution in [0.15, 0.2) is 28.9 Å². The molecule has 0 radical (unpaired) electrons. The quantitative estimate of drug-likeness (QED) is 0.565. The third-order valence-electron chi connectivity index (χ3n) is 1.43. The Bertz CT molecular complexity index is 392. The van der Waals surface area contributed by atoms with Crippen LogP contribution in [0.5, 0.6) is 0 Å². The molecular weight excluding hydrogens is 140 g/mol. The highest BCUT2D eigenvalue weighted by Crippen LogP contribution is 2.16. The average molecular weight is 144 g/mol. The van der Waals surface area contributed by atoms with Crippen molar-refractivity contribution in [2.75, 3.05) is 0 Å². The summed E-state index contributed by atoms with van der Waals surface area (Å²) >= 11 is 0. The Kier molecular flexibility index (Phi) is 1.13. The lowest BCUT2D eigenvalue weighted by Gasteiger charge is -1.81. The molecule has 0 unspecified atom stereocenters. The number of hydrogen-bond acceptors (Lipinski definition) is 3. The molecule has 0 aliphatic rings. The Labute approximate surface area is 62.9 Å². The van der Waals surface area contributed by atoms with Gasteiger partial charge in [-0.05, 0) is 6.07 Å². The lowest BCUT2D eigenvalue weighted by atomic mass is 10.3. The molecule has 0 amide bonds. The molecule has 0 aliphatic carbocycles. The molecule has 3 nitrogen and oxygen atoms in total. The van der Waals surface area contributed by atoms with Crippen molar-refractivity contribution in [1.29, 1.82) is 5.26 Å². The summed E-state index contributed by atoms with van der Waals surface area (Å²) in [4.78, 5) is 3.89. The van der Waals surface area contributed by atoms with Crippen LogP contribution in [-0.2, 0) is 0 Å². The molecule has 3 heteroatoms. The standard InChI is InChI=1S/C8H4N2O/c9-4-7-3-6-5-10-2-1-8(6)11-7/h1-3,5H. The largest absolute Gasteiger partial charge is 0.445 e. The molecule has 0 saturated carbocycles. The van der Waals surface area contributed by atoms with E-state index in [-0.39, 0.29) is 0 Å². The molecule has 2 aromatic rings. The summed E-state index contributed by atoms with van der Waals surface area (Å²) in [6.07, 6.45) is 3.30. The second kappa shape index (κ2) is 2.10. The van der Waals surface area contributed by atoms with Crippen molar-refractivity contribution in [3.63, 3.8) is 0 Å². The summed E-state index contributed by atoms with van der Waals surface area (Å²) in [5, 5.41) is 9.34. The first kappa shape index (κ1) is 5.93. The van der Waals surface area contributed by atoms with Gasteiger partial charge in [-0.1, -0.05) is 0 Å². The molecular formula is C8H4N2O. The van der Waals surface area contributed by atoms with Crippen molar-refractivity contribution in [3.8, 4) is 6.07 Å². The number of aromatic nitrogens is 1. The third kappa shape index (κ3) is 0.849. The van der Waals surface area contributed by atoms with Crippen LogP contribution in [0.2, 0.25) is 0 Å². The second-order valence-corrected chi connectivity index (χ2v) is 2.14. The number of nitrogens with zero attached hydrogens (tertiary/aromatic N) is 2. The van der Waals surface area contributed by atoms with Crippen LogP contribution >= 0.6 is 0 Å². The summed E-state index contributed by atoms with van der Waals surface area (Å²) in [5.41, 5.74) is 0.705. The van der Waals surface area contributed by atoms with E-state index in [1.165, 1.54) is 0 Å². The first-order chi connectivity index (χ1) is 5.40. The topological polar surface area (TPSA) is 49.8 Å². The number of hydrogen-bond donors (Lipinski definition) is 0. The van der Waals surface area contributed by atoms with Crippen molar-refractivity contribution < 1.29 is 4.42 Å². The van der Waals surface area contributed by atoms with Crippen LogP contribution in [0, 0.1) is 11.3 Å². The zero-order valence-electron chi connectivity index (χ0n) is 5.61. The maximum Gasteiger partial charge on any atom is 0.204 e. The lowest BCUT2D eigenvalue weighted by Crippen LogP contribution is -1.65. The Hall–Kier alpha value is -1.82. The maximum atomic E-state index is 8.47. The van der Waals surface area contributed by atoms with Gasteiger partial charge in [-0.3, -0.25) is 4.98 Å². The van der Waals surface area contributed by atoms with E-state index in [1.54, 1.807) is 24.5 Å². The Morgan fingerprint density at radius 1 is 1.55 bits per heavy atom. The predicted octanol–water partition coefficient (Wildman–Crippen LogP) is 1.70.